The van der Waals surface area contributed by atoms with Crippen molar-refractivity contribution in [2.45, 2.75) is 26.2 Å². The van der Waals surface area contributed by atoms with E-state index < -0.39 is 0 Å². The Morgan fingerprint density at radius 1 is 0.407 bits per heavy atom. The minimum Gasteiger partial charge on any atom is -0.311 e. The maximum Gasteiger partial charge on any atom is 0.0468 e. The molecule has 1 aliphatic carbocycles. The van der Waals surface area contributed by atoms with Crippen molar-refractivity contribution in [1.29, 1.82) is 0 Å². The number of allylic oxidation sites excluding steroid dienone is 3. The molecule has 2 heteroatoms. The summed E-state index contributed by atoms with van der Waals surface area (Å²) in [6, 6.07) is 65.7. The molecule has 0 saturated heterocycles. The van der Waals surface area contributed by atoms with Crippen LogP contribution in [0.15, 0.2) is 206 Å². The van der Waals surface area contributed by atoms with Gasteiger partial charge in [0.25, 0.3) is 0 Å². The number of hydrogen-bond donors (Lipinski definition) is 0. The Morgan fingerprint density at radius 2 is 0.852 bits per heavy atom. The largest absolute Gasteiger partial charge is 0.311 e. The van der Waals surface area contributed by atoms with Crippen molar-refractivity contribution in [3.05, 3.63) is 223 Å². The van der Waals surface area contributed by atoms with Gasteiger partial charge in [-0.15, -0.1) is 0 Å². The van der Waals surface area contributed by atoms with Crippen LogP contribution in [0, 0.1) is 13.8 Å². The van der Waals surface area contributed by atoms with E-state index in [1.54, 1.807) is 0 Å². The third kappa shape index (κ3) is 6.27. The normalized spacial score (nSPS) is 13.9. The lowest BCUT2D eigenvalue weighted by molar-refractivity contribution is 0.840. The van der Waals surface area contributed by atoms with Gasteiger partial charge in [-0.1, -0.05) is 133 Å². The van der Waals surface area contributed by atoms with Crippen LogP contribution in [0.3, 0.4) is 0 Å². The smallest absolute Gasteiger partial charge is 0.0468 e. The second-order valence-corrected chi connectivity index (χ2v) is 14.2. The molecule has 260 valence electrons. The predicted octanol–water partition coefficient (Wildman–Crippen LogP) is 14.5. The first-order valence-corrected chi connectivity index (χ1v) is 18.9. The summed E-state index contributed by atoms with van der Waals surface area (Å²) in [6.45, 7) is 4.56. The summed E-state index contributed by atoms with van der Waals surface area (Å²) in [5.74, 6) is 0.386. The summed E-state index contributed by atoms with van der Waals surface area (Å²) in [4.78, 5) is 4.77. The number of anilines is 5. The molecule has 1 atom stereocenters. The molecular formula is C52H42N2. The predicted molar refractivity (Wildman–Crippen MR) is 231 cm³/mol. The van der Waals surface area contributed by atoms with E-state index in [-0.39, 0.29) is 0 Å². The standard InChI is InChI=1S/C52H42N2/c1-37-49-33-31-48(54(44-21-13-6-14-22-44)46-29-25-42(26-30-46)40-17-9-4-10-18-40)36-52(49)38(2)50-34-32-47(35-51(37)50)53(43-19-11-5-12-20-43)45-27-23-41(24-28-45)39-15-7-3-8-16-39/h3-25,27-36,42H,26H2,1-2H3. The van der Waals surface area contributed by atoms with Crippen LogP contribution in [-0.4, -0.2) is 0 Å². The number of nitrogens with zero attached hydrogens (tertiary/aromatic N) is 2. The second-order valence-electron chi connectivity index (χ2n) is 14.2. The zero-order chi connectivity index (χ0) is 36.4. The van der Waals surface area contributed by atoms with Gasteiger partial charge in [0.15, 0.2) is 0 Å². The number of hydrogen-bond acceptors (Lipinski definition) is 2. The molecule has 54 heavy (non-hydrogen) atoms. The summed E-state index contributed by atoms with van der Waals surface area (Å²) in [5, 5.41) is 5.12. The zero-order valence-corrected chi connectivity index (χ0v) is 30.7. The molecule has 0 aromatic heterocycles. The van der Waals surface area contributed by atoms with Crippen LogP contribution < -0.4 is 9.80 Å². The maximum absolute atomic E-state index is 2.40. The van der Waals surface area contributed by atoms with Crippen molar-refractivity contribution in [3.8, 4) is 11.1 Å². The molecule has 1 aliphatic rings. The topological polar surface area (TPSA) is 6.48 Å². The molecular weight excluding hydrogens is 653 g/mol. The Kier molecular flexibility index (Phi) is 8.86. The zero-order valence-electron chi connectivity index (χ0n) is 30.7. The number of aryl methyl sites for hydroxylation is 2. The van der Waals surface area contributed by atoms with Gasteiger partial charge in [-0.3, -0.25) is 0 Å². The first-order chi connectivity index (χ1) is 26.6. The fraction of sp³-hybridized carbons (Fsp3) is 0.0769. The van der Waals surface area contributed by atoms with Crippen molar-refractivity contribution in [1.82, 2.24) is 0 Å². The molecule has 2 nitrogen and oxygen atoms in total. The second kappa shape index (κ2) is 14.4. The Labute approximate surface area is 318 Å². The number of benzene rings is 8. The molecule has 9 rings (SSSR count). The van der Waals surface area contributed by atoms with E-state index in [0.29, 0.717) is 5.92 Å². The average Bonchev–Trinajstić information content (AvgIpc) is 3.25. The summed E-state index contributed by atoms with van der Waals surface area (Å²) in [7, 11) is 0. The molecule has 0 radical (unpaired) electrons. The third-order valence-corrected chi connectivity index (χ3v) is 11.0. The molecule has 0 spiro atoms. The molecule has 1 unspecified atom stereocenters. The van der Waals surface area contributed by atoms with Gasteiger partial charge in [-0.05, 0) is 136 Å². The summed E-state index contributed by atoms with van der Waals surface area (Å²) in [6.07, 6.45) is 8.02. The van der Waals surface area contributed by atoms with Crippen LogP contribution in [-0.2, 0) is 0 Å². The summed E-state index contributed by atoms with van der Waals surface area (Å²) in [5.41, 5.74) is 13.3. The molecule has 0 fully saturated rings. The van der Waals surface area contributed by atoms with E-state index in [2.05, 4.69) is 224 Å². The molecule has 0 N–H and O–H groups in total. The van der Waals surface area contributed by atoms with Crippen LogP contribution in [0.25, 0.3) is 32.7 Å². The number of para-hydroxylation sites is 2. The van der Waals surface area contributed by atoms with Crippen LogP contribution in [0.1, 0.15) is 29.0 Å². The van der Waals surface area contributed by atoms with Crippen molar-refractivity contribution in [2.24, 2.45) is 0 Å². The van der Waals surface area contributed by atoms with Crippen molar-refractivity contribution in [3.63, 3.8) is 0 Å². The Hall–Kier alpha value is -6.64. The third-order valence-electron chi connectivity index (χ3n) is 11.0. The molecule has 0 amide bonds. The van der Waals surface area contributed by atoms with Gasteiger partial charge in [-0.2, -0.15) is 0 Å². The molecule has 0 heterocycles. The van der Waals surface area contributed by atoms with Crippen LogP contribution in [0.5, 0.6) is 0 Å². The van der Waals surface area contributed by atoms with Gasteiger partial charge in [0.1, 0.15) is 0 Å². The number of fused-ring (bicyclic) bond motifs is 2. The van der Waals surface area contributed by atoms with Gasteiger partial charge in [0.2, 0.25) is 0 Å². The molecule has 8 aromatic rings. The quantitative estimate of drug-likeness (QED) is 0.146. The van der Waals surface area contributed by atoms with E-state index in [9.17, 15) is 0 Å². The van der Waals surface area contributed by atoms with Crippen molar-refractivity contribution >= 4 is 50.0 Å². The first kappa shape index (κ1) is 33.2. The van der Waals surface area contributed by atoms with E-state index >= 15 is 0 Å². The maximum atomic E-state index is 2.40. The highest BCUT2D eigenvalue weighted by Gasteiger charge is 2.20. The SMILES string of the molecule is Cc1c2ccc(N(c3ccccc3)c3ccc(-c4ccccc4)cc3)cc2c(C)c2ccc(N(C3=CCC(c4ccccc4)C=C3)c3ccccc3)cc12. The minimum absolute atomic E-state index is 0.386. The first-order valence-electron chi connectivity index (χ1n) is 18.9. The van der Waals surface area contributed by atoms with Crippen LogP contribution in [0.2, 0.25) is 0 Å². The highest BCUT2D eigenvalue weighted by atomic mass is 15.1. The molecule has 0 aliphatic heterocycles. The average molecular weight is 695 g/mol. The summed E-state index contributed by atoms with van der Waals surface area (Å²) < 4.78 is 0. The molecule has 0 saturated carbocycles. The van der Waals surface area contributed by atoms with Gasteiger partial charge >= 0.3 is 0 Å². The lowest BCUT2D eigenvalue weighted by Crippen LogP contribution is -2.17. The fourth-order valence-electron chi connectivity index (χ4n) is 8.11. The van der Waals surface area contributed by atoms with Gasteiger partial charge < -0.3 is 9.80 Å². The van der Waals surface area contributed by atoms with Gasteiger partial charge in [0, 0.05) is 40.1 Å². The van der Waals surface area contributed by atoms with E-state index in [1.165, 1.54) is 55.1 Å². The Balaban J connectivity index is 1.11. The van der Waals surface area contributed by atoms with Crippen LogP contribution >= 0.6 is 0 Å². The summed E-state index contributed by atoms with van der Waals surface area (Å²) >= 11 is 0. The highest BCUT2D eigenvalue weighted by Crippen LogP contribution is 2.42. The molecule has 8 aromatic carbocycles. The monoisotopic (exact) mass is 694 g/mol. The van der Waals surface area contributed by atoms with E-state index in [4.69, 9.17) is 0 Å². The van der Waals surface area contributed by atoms with Crippen LogP contribution in [0.4, 0.5) is 28.4 Å². The lowest BCUT2D eigenvalue weighted by atomic mass is 9.90. The van der Waals surface area contributed by atoms with Gasteiger partial charge in [-0.25, -0.2) is 0 Å². The van der Waals surface area contributed by atoms with Gasteiger partial charge in [0.05, 0.1) is 0 Å². The molecule has 0 bridgehead atoms. The lowest BCUT2D eigenvalue weighted by Gasteiger charge is -2.30. The van der Waals surface area contributed by atoms with Crippen molar-refractivity contribution < 1.29 is 0 Å². The Morgan fingerprint density at radius 3 is 1.39 bits per heavy atom. The van der Waals surface area contributed by atoms with Crippen molar-refractivity contribution in [2.75, 3.05) is 9.80 Å². The van der Waals surface area contributed by atoms with E-state index in [0.717, 1.165) is 34.9 Å². The highest BCUT2D eigenvalue weighted by molar-refractivity contribution is 6.08. The number of rotatable bonds is 8. The Bertz CT molecular complexity index is 2630. The minimum atomic E-state index is 0.386. The fourth-order valence-corrected chi connectivity index (χ4v) is 8.11. The van der Waals surface area contributed by atoms with E-state index in [1.807, 2.05) is 0 Å².